The van der Waals surface area contributed by atoms with Gasteiger partial charge in [-0.3, -0.25) is 4.79 Å². The number of ether oxygens (including phenoxy) is 2. The van der Waals surface area contributed by atoms with E-state index in [-0.39, 0.29) is 12.2 Å². The monoisotopic (exact) mass is 378 g/mol. The topological polar surface area (TPSA) is 81.3 Å². The minimum atomic E-state index is -0.481. The van der Waals surface area contributed by atoms with E-state index in [1.54, 1.807) is 31.2 Å². The van der Waals surface area contributed by atoms with Gasteiger partial charge in [-0.05, 0) is 36.8 Å². The molecule has 130 valence electrons. The van der Waals surface area contributed by atoms with Crippen LogP contribution in [0.1, 0.15) is 15.2 Å². The predicted molar refractivity (Wildman–Crippen MR) is 97.6 cm³/mol. The number of esters is 1. The molecule has 0 bridgehead atoms. The molecule has 3 rings (SSSR count). The van der Waals surface area contributed by atoms with E-state index in [0.717, 1.165) is 16.9 Å². The molecule has 0 radical (unpaired) electrons. The number of benzene rings is 1. The summed E-state index contributed by atoms with van der Waals surface area (Å²) in [6, 6.07) is 6.98. The van der Waals surface area contributed by atoms with E-state index in [0.29, 0.717) is 38.1 Å². The van der Waals surface area contributed by atoms with Gasteiger partial charge in [0, 0.05) is 17.7 Å². The number of methoxy groups -OCH3 is 1. The first kappa shape index (κ1) is 17.6. The molecule has 0 unspecified atom stereocenters. The van der Waals surface area contributed by atoms with Crippen molar-refractivity contribution in [3.05, 3.63) is 50.1 Å². The van der Waals surface area contributed by atoms with E-state index in [1.807, 2.05) is 0 Å². The molecule has 8 heteroatoms. The summed E-state index contributed by atoms with van der Waals surface area (Å²) >= 11 is 7.03. The largest absolute Gasteiger partial charge is 0.459 e. The third-order valence-corrected chi connectivity index (χ3v) is 5.04. The number of aromatic amines is 1. The van der Waals surface area contributed by atoms with Crippen LogP contribution in [-0.2, 0) is 9.47 Å². The fourth-order valence-electron chi connectivity index (χ4n) is 2.37. The second-order valence-corrected chi connectivity index (χ2v) is 6.72. The Bertz CT molecular complexity index is 979. The minimum Gasteiger partial charge on any atom is -0.459 e. The molecule has 2 aromatic heterocycles. The highest BCUT2D eigenvalue weighted by atomic mass is 35.5. The molecular weight excluding hydrogens is 364 g/mol. The van der Waals surface area contributed by atoms with Gasteiger partial charge in [-0.1, -0.05) is 11.6 Å². The van der Waals surface area contributed by atoms with Crippen LogP contribution in [0, 0.1) is 6.92 Å². The van der Waals surface area contributed by atoms with Crippen LogP contribution in [0.25, 0.3) is 21.6 Å². The summed E-state index contributed by atoms with van der Waals surface area (Å²) < 4.78 is 10.00. The third-order valence-electron chi connectivity index (χ3n) is 3.62. The highest BCUT2D eigenvalue weighted by Crippen LogP contribution is 2.29. The summed E-state index contributed by atoms with van der Waals surface area (Å²) in [5.74, 6) is -0.0558. The van der Waals surface area contributed by atoms with E-state index < -0.39 is 5.97 Å². The van der Waals surface area contributed by atoms with Crippen LogP contribution in [-0.4, -0.2) is 36.3 Å². The lowest BCUT2D eigenvalue weighted by Crippen LogP contribution is -2.11. The number of carbonyl (C=O) groups excluding carboxylic acids is 1. The van der Waals surface area contributed by atoms with E-state index in [1.165, 1.54) is 7.11 Å². The van der Waals surface area contributed by atoms with Crippen molar-refractivity contribution in [3.63, 3.8) is 0 Å². The summed E-state index contributed by atoms with van der Waals surface area (Å²) in [6.45, 7) is 2.18. The predicted octanol–water partition coefficient (Wildman–Crippen LogP) is 3.42. The quantitative estimate of drug-likeness (QED) is 0.543. The van der Waals surface area contributed by atoms with Crippen molar-refractivity contribution in [2.45, 2.75) is 6.92 Å². The lowest BCUT2D eigenvalue weighted by Gasteiger charge is -2.02. The first-order chi connectivity index (χ1) is 12.0. The first-order valence-corrected chi connectivity index (χ1v) is 8.66. The fourth-order valence-corrected chi connectivity index (χ4v) is 3.57. The van der Waals surface area contributed by atoms with Crippen molar-refractivity contribution in [2.24, 2.45) is 0 Å². The molecule has 6 nitrogen and oxygen atoms in total. The van der Waals surface area contributed by atoms with Gasteiger partial charge < -0.3 is 14.5 Å². The highest BCUT2D eigenvalue weighted by Gasteiger charge is 2.20. The molecule has 0 aliphatic heterocycles. The Labute approximate surface area is 152 Å². The smallest absolute Gasteiger partial charge is 0.348 e. The number of thiophene rings is 1. The van der Waals surface area contributed by atoms with Crippen molar-refractivity contribution < 1.29 is 14.3 Å². The number of hydrogen-bond acceptors (Lipinski definition) is 6. The second kappa shape index (κ2) is 7.35. The number of carbonyl (C=O) groups is 1. The number of nitrogens with one attached hydrogen (secondary N) is 1. The number of H-pyrrole nitrogens is 1. The lowest BCUT2D eigenvalue weighted by molar-refractivity contribution is 0.0393. The van der Waals surface area contributed by atoms with Crippen LogP contribution >= 0.6 is 22.9 Å². The summed E-state index contributed by atoms with van der Waals surface area (Å²) in [5, 5.41) is 1.00. The number of hydrogen-bond donors (Lipinski definition) is 1. The molecule has 0 aliphatic carbocycles. The van der Waals surface area contributed by atoms with E-state index in [4.69, 9.17) is 21.1 Å². The molecule has 0 saturated heterocycles. The molecular formula is C17H15ClN2O4S. The minimum absolute atomic E-state index is 0.156. The zero-order valence-electron chi connectivity index (χ0n) is 13.6. The molecule has 0 atom stereocenters. The van der Waals surface area contributed by atoms with Gasteiger partial charge in [-0.2, -0.15) is 0 Å². The summed E-state index contributed by atoms with van der Waals surface area (Å²) in [5.41, 5.74) is 1.01. The average Bonchev–Trinajstić information content (AvgIpc) is 2.93. The summed E-state index contributed by atoms with van der Waals surface area (Å²) in [6.07, 6.45) is 0. The molecule has 0 aliphatic rings. The number of nitrogens with zero attached hydrogens (tertiary/aromatic N) is 1. The lowest BCUT2D eigenvalue weighted by atomic mass is 10.2. The SMILES string of the molecule is COCCOC(=O)c1sc2nc(-c3ccc(Cl)cc3)[nH]c(=O)c2c1C. The number of aryl methyl sites for hydroxylation is 1. The Morgan fingerprint density at radius 3 is 2.68 bits per heavy atom. The molecule has 0 saturated carbocycles. The number of halogens is 1. The molecule has 2 heterocycles. The second-order valence-electron chi connectivity index (χ2n) is 5.29. The average molecular weight is 379 g/mol. The van der Waals surface area contributed by atoms with Crippen molar-refractivity contribution in [1.82, 2.24) is 9.97 Å². The maximum atomic E-state index is 12.5. The fraction of sp³-hybridized carbons (Fsp3) is 0.235. The summed E-state index contributed by atoms with van der Waals surface area (Å²) in [4.78, 5) is 32.8. The molecule has 0 fully saturated rings. The van der Waals surface area contributed by atoms with Gasteiger partial charge in [0.15, 0.2) is 0 Å². The normalized spacial score (nSPS) is 11.0. The zero-order chi connectivity index (χ0) is 18.0. The van der Waals surface area contributed by atoms with Crippen LogP contribution in [0.4, 0.5) is 0 Å². The molecule has 0 amide bonds. The Morgan fingerprint density at radius 1 is 1.28 bits per heavy atom. The molecule has 1 aromatic carbocycles. The van der Waals surface area contributed by atoms with Gasteiger partial charge in [0.05, 0.1) is 12.0 Å². The van der Waals surface area contributed by atoms with Crippen molar-refractivity contribution in [1.29, 1.82) is 0 Å². The van der Waals surface area contributed by atoms with Gasteiger partial charge >= 0.3 is 5.97 Å². The zero-order valence-corrected chi connectivity index (χ0v) is 15.2. The standard InChI is InChI=1S/C17H15ClN2O4S/c1-9-12-15(21)19-14(10-3-5-11(18)6-4-10)20-16(12)25-13(9)17(22)24-8-7-23-2/h3-6H,7-8H2,1-2H3,(H,19,20,21). The van der Waals surface area contributed by atoms with Crippen molar-refractivity contribution >= 4 is 39.1 Å². The Morgan fingerprint density at radius 2 is 2.00 bits per heavy atom. The highest BCUT2D eigenvalue weighted by molar-refractivity contribution is 7.20. The van der Waals surface area contributed by atoms with Crippen molar-refractivity contribution in [2.75, 3.05) is 20.3 Å². The van der Waals surface area contributed by atoms with E-state index >= 15 is 0 Å². The Kier molecular flexibility index (Phi) is 5.17. The number of fused-ring (bicyclic) bond motifs is 1. The molecule has 1 N–H and O–H groups in total. The van der Waals surface area contributed by atoms with Gasteiger partial charge in [0.2, 0.25) is 0 Å². The molecule has 25 heavy (non-hydrogen) atoms. The Hall–Kier alpha value is -2.22. The summed E-state index contributed by atoms with van der Waals surface area (Å²) in [7, 11) is 1.53. The maximum absolute atomic E-state index is 12.5. The Balaban J connectivity index is 2.02. The van der Waals surface area contributed by atoms with Crippen LogP contribution in [0.15, 0.2) is 29.1 Å². The van der Waals surface area contributed by atoms with Crippen LogP contribution < -0.4 is 5.56 Å². The van der Waals surface area contributed by atoms with Crippen molar-refractivity contribution in [3.8, 4) is 11.4 Å². The van der Waals surface area contributed by atoms with Gasteiger partial charge in [-0.15, -0.1) is 11.3 Å². The number of aromatic nitrogens is 2. The van der Waals surface area contributed by atoms with Gasteiger partial charge in [-0.25, -0.2) is 9.78 Å². The molecule has 0 spiro atoms. The maximum Gasteiger partial charge on any atom is 0.348 e. The third kappa shape index (κ3) is 3.58. The van der Waals surface area contributed by atoms with E-state index in [9.17, 15) is 9.59 Å². The van der Waals surface area contributed by atoms with Crippen LogP contribution in [0.5, 0.6) is 0 Å². The number of rotatable bonds is 5. The van der Waals surface area contributed by atoms with Crippen LogP contribution in [0.3, 0.4) is 0 Å². The molecule has 3 aromatic rings. The van der Waals surface area contributed by atoms with Crippen LogP contribution in [0.2, 0.25) is 5.02 Å². The first-order valence-electron chi connectivity index (χ1n) is 7.46. The van der Waals surface area contributed by atoms with Gasteiger partial charge in [0.1, 0.15) is 22.1 Å². The van der Waals surface area contributed by atoms with Gasteiger partial charge in [0.25, 0.3) is 5.56 Å². The van der Waals surface area contributed by atoms with E-state index in [2.05, 4.69) is 9.97 Å².